The Labute approximate surface area is 283 Å². The van der Waals surface area contributed by atoms with E-state index in [4.69, 9.17) is 4.74 Å². The number of nitrogens with one attached hydrogen (secondary N) is 1. The number of methoxy groups -OCH3 is 1. The normalized spacial score (nSPS) is 24.6. The third-order valence-corrected chi connectivity index (χ3v) is 11.5. The fraction of sp³-hybridized carbons (Fsp3) is 0.487. The topological polar surface area (TPSA) is 99.1 Å². The SMILES string of the molecule is CCCN(CC1(O)CCC2c3ccc(cc3C(=O)c3ccc(C)s3)CC(O)CCC(C)=CCCC21C)C(=O)Nc1ccc(OC)cc1. The summed E-state index contributed by atoms with van der Waals surface area (Å²) >= 11 is 1.49. The Morgan fingerprint density at radius 2 is 1.83 bits per heavy atom. The number of aliphatic hydroxyl groups is 2. The van der Waals surface area contributed by atoms with Gasteiger partial charge in [0.2, 0.25) is 5.78 Å². The van der Waals surface area contributed by atoms with Gasteiger partial charge >= 0.3 is 6.03 Å². The molecule has 1 saturated carbocycles. The number of anilines is 1. The molecule has 252 valence electrons. The standard InChI is InChI=1S/C39H50N2O5S/c1-6-22-41(37(44)40-29-12-15-31(46-5)16-13-29)25-39(45)21-19-34-32-17-11-28(24-33(32)36(43)35-18-10-27(3)47-35)23-30(42)14-9-26(2)8-7-20-38(34,39)4/h8,10-13,15-18,24,30,34,42,45H,6-7,9,14,19-23,25H2,1-5H3,(H,40,44). The van der Waals surface area contributed by atoms with Gasteiger partial charge in [0.1, 0.15) is 5.75 Å². The Hall–Kier alpha value is -3.46. The predicted octanol–water partition coefficient (Wildman–Crippen LogP) is 8.28. The number of allylic oxidation sites excluding steroid dienone is 2. The first kappa shape index (κ1) is 34.9. The fourth-order valence-corrected chi connectivity index (χ4v) is 8.42. The van der Waals surface area contributed by atoms with Crippen molar-refractivity contribution in [1.82, 2.24) is 4.90 Å². The van der Waals surface area contributed by atoms with Crippen molar-refractivity contribution in [3.63, 3.8) is 0 Å². The number of hydrogen-bond donors (Lipinski definition) is 3. The molecular formula is C39H50N2O5S. The minimum Gasteiger partial charge on any atom is -0.497 e. The van der Waals surface area contributed by atoms with Crippen molar-refractivity contribution < 1.29 is 24.5 Å². The number of urea groups is 1. The van der Waals surface area contributed by atoms with Gasteiger partial charge in [0, 0.05) is 28.1 Å². The van der Waals surface area contributed by atoms with Crippen molar-refractivity contribution in [2.75, 3.05) is 25.5 Å². The molecule has 0 radical (unpaired) electrons. The van der Waals surface area contributed by atoms with Gasteiger partial charge in [-0.3, -0.25) is 4.79 Å². The number of carbonyl (C=O) groups is 2. The highest BCUT2D eigenvalue weighted by atomic mass is 32.1. The number of thiophene rings is 1. The molecule has 3 N–H and O–H groups in total. The van der Waals surface area contributed by atoms with Crippen molar-refractivity contribution in [3.8, 4) is 5.75 Å². The highest BCUT2D eigenvalue weighted by Crippen LogP contribution is 2.59. The first-order valence-corrected chi connectivity index (χ1v) is 17.8. The lowest BCUT2D eigenvalue weighted by molar-refractivity contribution is -0.0763. The summed E-state index contributed by atoms with van der Waals surface area (Å²) in [6, 6.07) is 17.0. The van der Waals surface area contributed by atoms with Crippen LogP contribution in [0.25, 0.3) is 0 Å². The fourth-order valence-electron chi connectivity index (χ4n) is 7.60. The molecular weight excluding hydrogens is 609 g/mol. The number of rotatable bonds is 8. The number of amides is 2. The molecule has 47 heavy (non-hydrogen) atoms. The van der Waals surface area contributed by atoms with Crippen LogP contribution in [-0.4, -0.2) is 58.8 Å². The van der Waals surface area contributed by atoms with E-state index in [0.717, 1.165) is 35.3 Å². The van der Waals surface area contributed by atoms with Gasteiger partial charge in [-0.05, 0) is 125 Å². The molecule has 0 aliphatic heterocycles. The molecule has 7 nitrogen and oxygen atoms in total. The average molecular weight is 659 g/mol. The number of nitrogens with zero attached hydrogens (tertiary/aromatic N) is 1. The van der Waals surface area contributed by atoms with E-state index in [0.29, 0.717) is 60.5 Å². The highest BCUT2D eigenvalue weighted by Gasteiger charge is 2.57. The third-order valence-electron chi connectivity index (χ3n) is 10.5. The number of benzene rings is 2. The summed E-state index contributed by atoms with van der Waals surface area (Å²) in [7, 11) is 1.61. The molecule has 2 amide bonds. The summed E-state index contributed by atoms with van der Waals surface area (Å²) < 4.78 is 5.26. The molecule has 3 aliphatic rings. The highest BCUT2D eigenvalue weighted by molar-refractivity contribution is 7.14. The molecule has 0 saturated heterocycles. The zero-order valence-electron chi connectivity index (χ0n) is 28.5. The van der Waals surface area contributed by atoms with Crippen LogP contribution >= 0.6 is 11.3 Å². The number of fused-ring (bicyclic) bond motifs is 8. The number of aryl methyl sites for hydroxylation is 1. The van der Waals surface area contributed by atoms with E-state index in [-0.39, 0.29) is 24.3 Å². The molecule has 1 fully saturated rings. The molecule has 0 spiro atoms. The van der Waals surface area contributed by atoms with Gasteiger partial charge in [-0.2, -0.15) is 0 Å². The number of hydrogen-bond acceptors (Lipinski definition) is 6. The first-order chi connectivity index (χ1) is 22.5. The van der Waals surface area contributed by atoms with Gasteiger partial charge in [0.15, 0.2) is 0 Å². The number of aliphatic hydroxyl groups excluding tert-OH is 1. The summed E-state index contributed by atoms with van der Waals surface area (Å²) in [5.41, 5.74) is 2.63. The second-order valence-corrected chi connectivity index (χ2v) is 15.1. The lowest BCUT2D eigenvalue weighted by Crippen LogP contribution is -2.54. The van der Waals surface area contributed by atoms with Gasteiger partial charge in [0.25, 0.3) is 0 Å². The van der Waals surface area contributed by atoms with Crippen molar-refractivity contribution in [1.29, 1.82) is 0 Å². The maximum absolute atomic E-state index is 14.2. The zero-order valence-corrected chi connectivity index (χ0v) is 29.3. The Kier molecular flexibility index (Phi) is 10.9. The van der Waals surface area contributed by atoms with Crippen molar-refractivity contribution in [2.24, 2.45) is 5.41 Å². The van der Waals surface area contributed by atoms with Crippen LogP contribution in [0, 0.1) is 12.3 Å². The van der Waals surface area contributed by atoms with Gasteiger partial charge in [-0.25, -0.2) is 4.79 Å². The average Bonchev–Trinajstić information content (AvgIpc) is 3.59. The molecule has 3 aliphatic carbocycles. The van der Waals surface area contributed by atoms with E-state index in [1.54, 1.807) is 12.0 Å². The Balaban J connectivity index is 1.53. The Morgan fingerprint density at radius 1 is 1.06 bits per heavy atom. The second kappa shape index (κ2) is 14.8. The summed E-state index contributed by atoms with van der Waals surface area (Å²) in [6.07, 6.45) is 7.09. The van der Waals surface area contributed by atoms with Crippen LogP contribution in [0.3, 0.4) is 0 Å². The predicted molar refractivity (Wildman–Crippen MR) is 190 cm³/mol. The monoisotopic (exact) mass is 658 g/mol. The summed E-state index contributed by atoms with van der Waals surface area (Å²) in [5, 5.41) is 26.7. The maximum Gasteiger partial charge on any atom is 0.321 e. The largest absolute Gasteiger partial charge is 0.497 e. The molecule has 3 aromatic rings. The molecule has 6 rings (SSSR count). The lowest BCUT2D eigenvalue weighted by Gasteiger charge is -2.46. The maximum atomic E-state index is 14.2. The van der Waals surface area contributed by atoms with E-state index in [2.05, 4.69) is 31.3 Å². The lowest BCUT2D eigenvalue weighted by atomic mass is 9.64. The number of carbonyl (C=O) groups excluding carboxylic acids is 2. The van der Waals surface area contributed by atoms with E-state index >= 15 is 0 Å². The summed E-state index contributed by atoms with van der Waals surface area (Å²) in [4.78, 5) is 31.4. The number of ketones is 1. The third kappa shape index (κ3) is 7.66. The zero-order chi connectivity index (χ0) is 33.8. The van der Waals surface area contributed by atoms with Crippen LogP contribution < -0.4 is 10.1 Å². The Bertz CT molecular complexity index is 1600. The van der Waals surface area contributed by atoms with Crippen LogP contribution in [0.4, 0.5) is 10.5 Å². The van der Waals surface area contributed by atoms with Crippen molar-refractivity contribution in [2.45, 2.75) is 96.7 Å². The van der Waals surface area contributed by atoms with E-state index in [1.807, 2.05) is 62.4 Å². The quantitative estimate of drug-likeness (QED) is 0.167. The summed E-state index contributed by atoms with van der Waals surface area (Å²) in [6.45, 7) is 9.00. The van der Waals surface area contributed by atoms with Crippen LogP contribution in [-0.2, 0) is 6.42 Å². The minimum absolute atomic E-state index is 0.0125. The van der Waals surface area contributed by atoms with E-state index in [9.17, 15) is 19.8 Å². The second-order valence-electron chi connectivity index (χ2n) is 13.8. The molecule has 2 bridgehead atoms. The van der Waals surface area contributed by atoms with Crippen LogP contribution in [0.2, 0.25) is 0 Å². The summed E-state index contributed by atoms with van der Waals surface area (Å²) in [5.74, 6) is 0.597. The molecule has 4 unspecified atom stereocenters. The van der Waals surface area contributed by atoms with E-state index in [1.165, 1.54) is 16.9 Å². The minimum atomic E-state index is -1.18. The molecule has 8 heteroatoms. The Morgan fingerprint density at radius 3 is 2.51 bits per heavy atom. The molecule has 1 aromatic heterocycles. The van der Waals surface area contributed by atoms with Gasteiger partial charge in [-0.15, -0.1) is 11.3 Å². The van der Waals surface area contributed by atoms with Crippen LogP contribution in [0.5, 0.6) is 5.75 Å². The van der Waals surface area contributed by atoms with Gasteiger partial charge < -0.3 is 25.2 Å². The van der Waals surface area contributed by atoms with Gasteiger partial charge in [0.05, 0.1) is 30.2 Å². The number of ether oxygens (including phenoxy) is 1. The first-order valence-electron chi connectivity index (χ1n) is 17.0. The molecule has 4 atom stereocenters. The van der Waals surface area contributed by atoms with Crippen LogP contribution in [0.15, 0.2) is 66.2 Å². The van der Waals surface area contributed by atoms with Crippen molar-refractivity contribution in [3.05, 3.63) is 92.7 Å². The van der Waals surface area contributed by atoms with Gasteiger partial charge in [-0.1, -0.05) is 37.6 Å². The van der Waals surface area contributed by atoms with E-state index < -0.39 is 17.1 Å². The molecule has 1 heterocycles. The smallest absolute Gasteiger partial charge is 0.321 e. The van der Waals surface area contributed by atoms with Crippen LogP contribution in [0.1, 0.15) is 103 Å². The molecule has 2 aromatic carbocycles. The van der Waals surface area contributed by atoms with Crippen molar-refractivity contribution >= 4 is 28.8 Å².